The Bertz CT molecular complexity index is 1230. The average molecular weight is 448 g/mol. The third-order valence-electron chi connectivity index (χ3n) is 5.21. The molecule has 0 aliphatic carbocycles. The molecule has 10 heteroatoms. The van der Waals surface area contributed by atoms with Gasteiger partial charge in [-0.05, 0) is 36.4 Å². The Balaban J connectivity index is 1.70. The normalized spacial score (nSPS) is 14.7. The Morgan fingerprint density at radius 1 is 1.03 bits per heavy atom. The van der Waals surface area contributed by atoms with E-state index in [9.17, 15) is 19.7 Å². The van der Waals surface area contributed by atoms with Crippen molar-refractivity contribution < 1.29 is 24.0 Å². The van der Waals surface area contributed by atoms with E-state index in [1.54, 1.807) is 42.5 Å². The van der Waals surface area contributed by atoms with Gasteiger partial charge in [0.2, 0.25) is 0 Å². The number of nitrogens with zero attached hydrogens (tertiary/aromatic N) is 2. The lowest BCUT2D eigenvalue weighted by molar-refractivity contribution is -0.384. The largest absolute Gasteiger partial charge is 0.493 e. The van der Waals surface area contributed by atoms with E-state index < -0.39 is 22.9 Å². The Hall–Kier alpha value is -4.60. The molecule has 0 aromatic heterocycles. The maximum absolute atomic E-state index is 13.3. The molecule has 168 valence electrons. The number of anilines is 1. The second kappa shape index (κ2) is 8.87. The molecule has 3 aromatic rings. The molecule has 1 aliphatic rings. The zero-order chi connectivity index (χ0) is 23.5. The van der Waals surface area contributed by atoms with Crippen molar-refractivity contribution in [2.24, 2.45) is 0 Å². The zero-order valence-corrected chi connectivity index (χ0v) is 17.8. The van der Waals surface area contributed by atoms with Crippen molar-refractivity contribution in [2.45, 2.75) is 6.17 Å². The molecule has 0 saturated heterocycles. The van der Waals surface area contributed by atoms with Crippen LogP contribution in [0.4, 0.5) is 11.4 Å². The molecule has 1 aliphatic heterocycles. The molecule has 0 radical (unpaired) electrons. The highest BCUT2D eigenvalue weighted by Crippen LogP contribution is 2.36. The van der Waals surface area contributed by atoms with Crippen LogP contribution in [0.3, 0.4) is 0 Å². The molecule has 2 amide bonds. The van der Waals surface area contributed by atoms with Crippen LogP contribution < -0.4 is 20.2 Å². The number of carbonyl (C=O) groups excluding carboxylic acids is 2. The van der Waals surface area contributed by atoms with Gasteiger partial charge in [-0.15, -0.1) is 0 Å². The Kier molecular flexibility index (Phi) is 5.81. The quantitative estimate of drug-likeness (QED) is 0.437. The second-order valence-corrected chi connectivity index (χ2v) is 7.13. The van der Waals surface area contributed by atoms with E-state index in [1.165, 1.54) is 43.5 Å². The number of rotatable bonds is 6. The van der Waals surface area contributed by atoms with Crippen LogP contribution in [0, 0.1) is 10.1 Å². The monoisotopic (exact) mass is 448 g/mol. The number of nitrogens with one attached hydrogen (secondary N) is 2. The van der Waals surface area contributed by atoms with Gasteiger partial charge in [-0.1, -0.05) is 18.2 Å². The van der Waals surface area contributed by atoms with Gasteiger partial charge in [0, 0.05) is 28.9 Å². The number of nitro groups is 1. The first-order valence-corrected chi connectivity index (χ1v) is 9.89. The van der Waals surface area contributed by atoms with Crippen molar-refractivity contribution in [3.8, 4) is 11.5 Å². The van der Waals surface area contributed by atoms with E-state index in [4.69, 9.17) is 9.47 Å². The van der Waals surface area contributed by atoms with Crippen molar-refractivity contribution in [2.75, 3.05) is 19.5 Å². The summed E-state index contributed by atoms with van der Waals surface area (Å²) >= 11 is 0. The van der Waals surface area contributed by atoms with Gasteiger partial charge in [-0.25, -0.2) is 5.01 Å². The van der Waals surface area contributed by atoms with Crippen LogP contribution in [-0.4, -0.2) is 36.0 Å². The number of hydrogen-bond acceptors (Lipinski definition) is 7. The van der Waals surface area contributed by atoms with Crippen LogP contribution in [0.5, 0.6) is 11.5 Å². The minimum absolute atomic E-state index is 0.139. The summed E-state index contributed by atoms with van der Waals surface area (Å²) in [6.45, 7) is 0. The van der Waals surface area contributed by atoms with Crippen LogP contribution in [0.15, 0.2) is 66.7 Å². The Labute approximate surface area is 188 Å². The van der Waals surface area contributed by atoms with E-state index >= 15 is 0 Å². The number of non-ortho nitro benzene ring substituents is 1. The lowest BCUT2D eigenvalue weighted by Gasteiger charge is -2.37. The summed E-state index contributed by atoms with van der Waals surface area (Å²) in [5, 5.41) is 15.3. The molecular formula is C23H20N4O6. The Morgan fingerprint density at radius 3 is 2.39 bits per heavy atom. The van der Waals surface area contributed by atoms with Gasteiger partial charge in [0.1, 0.15) is 6.17 Å². The number of amides is 2. The Morgan fingerprint density at radius 2 is 1.73 bits per heavy atom. The first kappa shape index (κ1) is 21.6. The van der Waals surface area contributed by atoms with Crippen molar-refractivity contribution >= 4 is 23.2 Å². The van der Waals surface area contributed by atoms with Crippen LogP contribution in [0.25, 0.3) is 0 Å². The van der Waals surface area contributed by atoms with Crippen molar-refractivity contribution in [3.05, 3.63) is 93.5 Å². The third kappa shape index (κ3) is 4.13. The lowest BCUT2D eigenvalue weighted by atomic mass is 10.0. The van der Waals surface area contributed by atoms with Gasteiger partial charge in [0.05, 0.1) is 24.7 Å². The van der Waals surface area contributed by atoms with Gasteiger partial charge in [0.15, 0.2) is 11.5 Å². The van der Waals surface area contributed by atoms with E-state index in [0.29, 0.717) is 28.3 Å². The number of hydrogen-bond donors (Lipinski definition) is 2. The molecule has 3 aromatic carbocycles. The van der Waals surface area contributed by atoms with E-state index in [0.717, 1.165) is 0 Å². The van der Waals surface area contributed by atoms with Gasteiger partial charge in [-0.2, -0.15) is 0 Å². The fourth-order valence-electron chi connectivity index (χ4n) is 3.53. The van der Waals surface area contributed by atoms with Crippen LogP contribution >= 0.6 is 0 Å². The number of hydrazine groups is 1. The fourth-order valence-corrected chi connectivity index (χ4v) is 3.53. The highest BCUT2D eigenvalue weighted by atomic mass is 16.6. The highest BCUT2D eigenvalue weighted by Gasteiger charge is 2.35. The molecule has 0 spiro atoms. The molecular weight excluding hydrogens is 428 g/mol. The fraction of sp³-hybridized carbons (Fsp3) is 0.130. The minimum Gasteiger partial charge on any atom is -0.493 e. The molecule has 0 fully saturated rings. The zero-order valence-electron chi connectivity index (χ0n) is 17.8. The molecule has 4 rings (SSSR count). The van der Waals surface area contributed by atoms with Crippen LogP contribution in [0.1, 0.15) is 32.4 Å². The van der Waals surface area contributed by atoms with Crippen molar-refractivity contribution in [1.82, 2.24) is 10.4 Å². The maximum atomic E-state index is 13.3. The number of nitro benzene ring substituents is 1. The first-order valence-electron chi connectivity index (χ1n) is 9.89. The maximum Gasteiger partial charge on any atom is 0.276 e. The molecule has 2 N–H and O–H groups in total. The second-order valence-electron chi connectivity index (χ2n) is 7.13. The van der Waals surface area contributed by atoms with E-state index in [1.807, 2.05) is 0 Å². The summed E-state index contributed by atoms with van der Waals surface area (Å²) in [6, 6.07) is 17.2. The summed E-state index contributed by atoms with van der Waals surface area (Å²) in [4.78, 5) is 36.5. The summed E-state index contributed by atoms with van der Waals surface area (Å²) < 4.78 is 10.7. The lowest BCUT2D eigenvalue weighted by Crippen LogP contribution is -2.52. The van der Waals surface area contributed by atoms with Gasteiger partial charge in [0.25, 0.3) is 17.5 Å². The average Bonchev–Trinajstić information content (AvgIpc) is 2.85. The standard InChI is InChI=1S/C23H20N4O6/c1-32-19-12-9-15(13-20(19)33-2)21-24-18-6-4-3-5-17(18)23(29)26(21)25-22(28)14-7-10-16(11-8-14)27(30)31/h3-13,21,24H,1-2H3,(H,25,28)/t21-/m0/s1. The van der Waals surface area contributed by atoms with Gasteiger partial charge in [-0.3, -0.25) is 25.1 Å². The van der Waals surface area contributed by atoms with E-state index in [2.05, 4.69) is 10.7 Å². The summed E-state index contributed by atoms with van der Waals surface area (Å²) in [6.07, 6.45) is -0.755. The summed E-state index contributed by atoms with van der Waals surface area (Å²) in [5.74, 6) is -0.0284. The van der Waals surface area contributed by atoms with E-state index in [-0.39, 0.29) is 11.3 Å². The summed E-state index contributed by atoms with van der Waals surface area (Å²) in [7, 11) is 3.03. The van der Waals surface area contributed by atoms with Crippen molar-refractivity contribution in [1.29, 1.82) is 0 Å². The minimum atomic E-state index is -0.755. The molecule has 1 atom stereocenters. The number of ether oxygens (including phenoxy) is 2. The number of methoxy groups -OCH3 is 2. The first-order chi connectivity index (χ1) is 15.9. The molecule has 33 heavy (non-hydrogen) atoms. The molecule has 0 unspecified atom stereocenters. The van der Waals surface area contributed by atoms with Gasteiger partial charge >= 0.3 is 0 Å². The number of carbonyl (C=O) groups is 2. The van der Waals surface area contributed by atoms with Crippen LogP contribution in [-0.2, 0) is 0 Å². The smallest absolute Gasteiger partial charge is 0.276 e. The topological polar surface area (TPSA) is 123 Å². The molecule has 1 heterocycles. The molecule has 0 bridgehead atoms. The highest BCUT2D eigenvalue weighted by molar-refractivity contribution is 6.04. The summed E-state index contributed by atoms with van der Waals surface area (Å²) in [5.41, 5.74) is 4.29. The number of fused-ring (bicyclic) bond motifs is 1. The SMILES string of the molecule is COc1ccc([C@H]2Nc3ccccc3C(=O)N2NC(=O)c2ccc([N+](=O)[O-])cc2)cc1OC. The van der Waals surface area contributed by atoms with Crippen LogP contribution in [0.2, 0.25) is 0 Å². The number of benzene rings is 3. The predicted octanol–water partition coefficient (Wildman–Crippen LogP) is 3.52. The molecule has 10 nitrogen and oxygen atoms in total. The molecule has 0 saturated carbocycles. The third-order valence-corrected chi connectivity index (χ3v) is 5.21. The number of para-hydroxylation sites is 1. The van der Waals surface area contributed by atoms with Gasteiger partial charge < -0.3 is 14.8 Å². The predicted molar refractivity (Wildman–Crippen MR) is 119 cm³/mol. The van der Waals surface area contributed by atoms with Crippen molar-refractivity contribution in [3.63, 3.8) is 0 Å².